The largest absolute Gasteiger partial charge is 0.380 e. The number of benzene rings is 2. The molecular weight excluding hydrogens is 428 g/mol. The zero-order valence-electron chi connectivity index (χ0n) is 18.1. The normalized spacial score (nSPS) is 19.7. The minimum absolute atomic E-state index is 0.0481. The number of para-hydroxylation sites is 1. The van der Waals surface area contributed by atoms with E-state index in [1.807, 2.05) is 30.3 Å². The van der Waals surface area contributed by atoms with E-state index in [0.717, 1.165) is 12.1 Å². The summed E-state index contributed by atoms with van der Waals surface area (Å²) in [6, 6.07) is 16.3. The number of nitrogens with one attached hydrogen (secondary N) is 1. The van der Waals surface area contributed by atoms with Crippen LogP contribution in [0.1, 0.15) is 23.7 Å². The highest BCUT2D eigenvalue weighted by Crippen LogP contribution is 2.21. The van der Waals surface area contributed by atoms with Crippen LogP contribution in [0.15, 0.2) is 59.5 Å². The summed E-state index contributed by atoms with van der Waals surface area (Å²) in [5.41, 5.74) is 1.51. The molecule has 170 valence electrons. The zero-order valence-corrected chi connectivity index (χ0v) is 18.9. The molecule has 0 aliphatic carbocycles. The first-order chi connectivity index (χ1) is 15.3. The number of sulfonamides is 1. The first-order valence-corrected chi connectivity index (χ1v) is 12.3. The molecule has 2 aromatic rings. The number of carbonyl (C=O) groups is 2. The van der Waals surface area contributed by atoms with Crippen LogP contribution in [0.4, 0.5) is 5.69 Å². The Kier molecular flexibility index (Phi) is 6.48. The number of rotatable bonds is 5. The highest BCUT2D eigenvalue weighted by atomic mass is 32.2. The molecular formula is C23H28N4O4S. The van der Waals surface area contributed by atoms with Crippen molar-refractivity contribution in [1.29, 1.82) is 0 Å². The van der Waals surface area contributed by atoms with Crippen molar-refractivity contribution >= 4 is 27.5 Å². The highest BCUT2D eigenvalue weighted by molar-refractivity contribution is 7.89. The molecule has 9 heteroatoms. The average Bonchev–Trinajstić information content (AvgIpc) is 3.28. The lowest BCUT2D eigenvalue weighted by Gasteiger charge is -2.33. The summed E-state index contributed by atoms with van der Waals surface area (Å²) in [6.07, 6.45) is 0.860. The second kappa shape index (κ2) is 9.30. The van der Waals surface area contributed by atoms with Crippen LogP contribution in [0.3, 0.4) is 0 Å². The Morgan fingerprint density at radius 1 is 0.875 bits per heavy atom. The van der Waals surface area contributed by atoms with E-state index in [-0.39, 0.29) is 35.8 Å². The van der Waals surface area contributed by atoms with Gasteiger partial charge in [-0.15, -0.1) is 0 Å². The molecule has 1 atom stereocenters. The highest BCUT2D eigenvalue weighted by Gasteiger charge is 2.30. The molecule has 2 saturated heterocycles. The Morgan fingerprint density at radius 2 is 1.53 bits per heavy atom. The molecule has 32 heavy (non-hydrogen) atoms. The maximum Gasteiger partial charge on any atom is 0.253 e. The molecule has 0 spiro atoms. The fraction of sp³-hybridized carbons (Fsp3) is 0.391. The Bertz CT molecular complexity index is 1060. The van der Waals surface area contributed by atoms with Gasteiger partial charge in [0.05, 0.1) is 4.90 Å². The van der Waals surface area contributed by atoms with E-state index in [9.17, 15) is 18.0 Å². The van der Waals surface area contributed by atoms with Gasteiger partial charge >= 0.3 is 0 Å². The van der Waals surface area contributed by atoms with Gasteiger partial charge in [0, 0.05) is 63.5 Å². The number of anilines is 1. The lowest BCUT2D eigenvalue weighted by molar-refractivity contribution is -0.129. The van der Waals surface area contributed by atoms with Crippen LogP contribution in [-0.2, 0) is 14.8 Å². The standard InChI is InChI=1S/C23H28N4O4S/c1-18(28)25-13-15-27(16-14-25)32(30,31)22-9-7-19(8-10-22)23(29)26-12-11-21(17-26)24-20-5-3-2-4-6-20/h2-10,21,24H,11-17H2,1H3. The minimum atomic E-state index is -3.66. The van der Waals surface area contributed by atoms with Crippen molar-refractivity contribution in [3.8, 4) is 0 Å². The number of nitrogens with zero attached hydrogens (tertiary/aromatic N) is 3. The van der Waals surface area contributed by atoms with Crippen LogP contribution < -0.4 is 5.32 Å². The fourth-order valence-corrected chi connectivity index (χ4v) is 5.60. The number of hydrogen-bond acceptors (Lipinski definition) is 5. The van der Waals surface area contributed by atoms with E-state index in [1.54, 1.807) is 21.9 Å². The molecule has 1 N–H and O–H groups in total. The third kappa shape index (κ3) is 4.78. The minimum Gasteiger partial charge on any atom is -0.380 e. The molecule has 2 amide bonds. The van der Waals surface area contributed by atoms with Gasteiger partial charge in [-0.2, -0.15) is 4.31 Å². The topological polar surface area (TPSA) is 90.0 Å². The maximum absolute atomic E-state index is 12.9. The van der Waals surface area contributed by atoms with Gasteiger partial charge in [0.25, 0.3) is 5.91 Å². The molecule has 0 aromatic heterocycles. The molecule has 2 aromatic carbocycles. The molecule has 2 heterocycles. The molecule has 2 fully saturated rings. The van der Waals surface area contributed by atoms with Gasteiger partial charge in [0.1, 0.15) is 0 Å². The fourth-order valence-electron chi connectivity index (χ4n) is 4.18. The van der Waals surface area contributed by atoms with E-state index in [0.29, 0.717) is 31.7 Å². The van der Waals surface area contributed by atoms with Crippen molar-refractivity contribution in [1.82, 2.24) is 14.1 Å². The van der Waals surface area contributed by atoms with Gasteiger partial charge in [-0.25, -0.2) is 8.42 Å². The van der Waals surface area contributed by atoms with E-state index < -0.39 is 10.0 Å². The summed E-state index contributed by atoms with van der Waals surface area (Å²) in [7, 11) is -3.66. The first-order valence-electron chi connectivity index (χ1n) is 10.8. The number of carbonyl (C=O) groups excluding carboxylic acids is 2. The molecule has 1 unspecified atom stereocenters. The van der Waals surface area contributed by atoms with Crippen LogP contribution in [-0.4, -0.2) is 79.6 Å². The van der Waals surface area contributed by atoms with Gasteiger partial charge in [0.15, 0.2) is 0 Å². The van der Waals surface area contributed by atoms with E-state index in [2.05, 4.69) is 5.32 Å². The van der Waals surface area contributed by atoms with Crippen LogP contribution in [0.2, 0.25) is 0 Å². The van der Waals surface area contributed by atoms with Crippen molar-refractivity contribution < 1.29 is 18.0 Å². The van der Waals surface area contributed by atoms with E-state index in [4.69, 9.17) is 0 Å². The van der Waals surface area contributed by atoms with Crippen LogP contribution in [0, 0.1) is 0 Å². The quantitative estimate of drug-likeness (QED) is 0.742. The number of hydrogen-bond donors (Lipinski definition) is 1. The number of piperazine rings is 1. The summed E-state index contributed by atoms with van der Waals surface area (Å²) in [5, 5.41) is 3.45. The van der Waals surface area contributed by atoms with Crippen molar-refractivity contribution in [3.05, 3.63) is 60.2 Å². The lowest BCUT2D eigenvalue weighted by atomic mass is 10.2. The summed E-state index contributed by atoms with van der Waals surface area (Å²) in [5.74, 6) is -0.144. The zero-order chi connectivity index (χ0) is 22.7. The summed E-state index contributed by atoms with van der Waals surface area (Å²) < 4.78 is 27.3. The lowest BCUT2D eigenvalue weighted by Crippen LogP contribution is -2.49. The van der Waals surface area contributed by atoms with Crippen LogP contribution in [0.25, 0.3) is 0 Å². The first kappa shape index (κ1) is 22.3. The van der Waals surface area contributed by atoms with Gasteiger partial charge in [0.2, 0.25) is 15.9 Å². The van der Waals surface area contributed by atoms with Crippen molar-refractivity contribution in [3.63, 3.8) is 0 Å². The Labute approximate surface area is 188 Å². The molecule has 2 aliphatic heterocycles. The predicted molar refractivity (Wildman–Crippen MR) is 122 cm³/mol. The average molecular weight is 457 g/mol. The van der Waals surface area contributed by atoms with Gasteiger partial charge in [-0.05, 0) is 42.8 Å². The van der Waals surface area contributed by atoms with Crippen molar-refractivity contribution in [2.24, 2.45) is 0 Å². The van der Waals surface area contributed by atoms with E-state index in [1.165, 1.54) is 23.4 Å². The van der Waals surface area contributed by atoms with Crippen molar-refractivity contribution in [2.75, 3.05) is 44.6 Å². The van der Waals surface area contributed by atoms with Crippen LogP contribution >= 0.6 is 0 Å². The Hall–Kier alpha value is -2.91. The summed E-state index contributed by atoms with van der Waals surface area (Å²) in [6.45, 7) is 4.06. The van der Waals surface area contributed by atoms with Crippen molar-refractivity contribution in [2.45, 2.75) is 24.3 Å². The van der Waals surface area contributed by atoms with Gasteiger partial charge in [-0.3, -0.25) is 9.59 Å². The van der Waals surface area contributed by atoms with E-state index >= 15 is 0 Å². The third-order valence-corrected chi connectivity index (χ3v) is 7.96. The number of likely N-dealkylation sites (tertiary alicyclic amines) is 1. The summed E-state index contributed by atoms with van der Waals surface area (Å²) in [4.78, 5) is 28.0. The van der Waals surface area contributed by atoms with Gasteiger partial charge in [-0.1, -0.05) is 18.2 Å². The van der Waals surface area contributed by atoms with Crippen LogP contribution in [0.5, 0.6) is 0 Å². The SMILES string of the molecule is CC(=O)N1CCN(S(=O)(=O)c2ccc(C(=O)N3CCC(Nc4ccccc4)C3)cc2)CC1. The second-order valence-electron chi connectivity index (χ2n) is 8.18. The molecule has 0 saturated carbocycles. The maximum atomic E-state index is 12.9. The summed E-state index contributed by atoms with van der Waals surface area (Å²) >= 11 is 0. The molecule has 0 radical (unpaired) electrons. The smallest absolute Gasteiger partial charge is 0.253 e. The van der Waals surface area contributed by atoms with Gasteiger partial charge < -0.3 is 15.1 Å². The Balaban J connectivity index is 1.37. The number of amides is 2. The predicted octanol–water partition coefficient (Wildman–Crippen LogP) is 1.87. The molecule has 8 nitrogen and oxygen atoms in total. The molecule has 4 rings (SSSR count). The second-order valence-corrected chi connectivity index (χ2v) is 10.1. The third-order valence-electron chi connectivity index (χ3n) is 6.04. The molecule has 2 aliphatic rings. The Morgan fingerprint density at radius 3 is 2.16 bits per heavy atom. The molecule has 0 bridgehead atoms. The monoisotopic (exact) mass is 456 g/mol.